The lowest BCUT2D eigenvalue weighted by atomic mass is 10.2. The van der Waals surface area contributed by atoms with Gasteiger partial charge in [0.15, 0.2) is 6.33 Å². The van der Waals surface area contributed by atoms with Crippen molar-refractivity contribution in [1.29, 1.82) is 0 Å². The zero-order valence-corrected chi connectivity index (χ0v) is 12.9. The Hall–Kier alpha value is -1.78. The molecule has 0 saturated heterocycles. The van der Waals surface area contributed by atoms with Crippen molar-refractivity contribution >= 4 is 31.9 Å². The number of carboxylic acids is 1. The minimum absolute atomic E-state index is 0.00770. The van der Waals surface area contributed by atoms with E-state index >= 15 is 0 Å². The number of halogens is 1. The van der Waals surface area contributed by atoms with Gasteiger partial charge >= 0.3 is 5.97 Å². The van der Waals surface area contributed by atoms with E-state index in [9.17, 15) is 13.2 Å². The van der Waals surface area contributed by atoms with Gasteiger partial charge in [0.05, 0.1) is 10.5 Å². The fourth-order valence-corrected chi connectivity index (χ4v) is 3.64. The van der Waals surface area contributed by atoms with Gasteiger partial charge in [-0.05, 0) is 34.1 Å². The number of benzene rings is 1. The van der Waals surface area contributed by atoms with Crippen molar-refractivity contribution in [3.63, 3.8) is 0 Å². The van der Waals surface area contributed by atoms with Crippen LogP contribution in [0.3, 0.4) is 0 Å². The van der Waals surface area contributed by atoms with Crippen LogP contribution in [0.1, 0.15) is 16.2 Å². The van der Waals surface area contributed by atoms with Gasteiger partial charge in [-0.1, -0.05) is 5.16 Å². The summed E-state index contributed by atoms with van der Waals surface area (Å²) in [5, 5.41) is 12.3. The Morgan fingerprint density at radius 3 is 2.76 bits per heavy atom. The Morgan fingerprint density at radius 2 is 2.19 bits per heavy atom. The maximum absolute atomic E-state index is 12.1. The minimum atomic E-state index is -3.77. The smallest absolute Gasteiger partial charge is 0.335 e. The monoisotopic (exact) mass is 375 g/mol. The fourth-order valence-electron chi connectivity index (χ4n) is 1.53. The van der Waals surface area contributed by atoms with E-state index in [2.05, 4.69) is 30.8 Å². The van der Waals surface area contributed by atoms with Crippen molar-refractivity contribution in [2.75, 3.05) is 6.54 Å². The number of hydrogen-bond acceptors (Lipinski definition) is 6. The summed E-state index contributed by atoms with van der Waals surface area (Å²) in [4.78, 5) is 14.5. The quantitative estimate of drug-likeness (QED) is 0.773. The highest BCUT2D eigenvalue weighted by molar-refractivity contribution is 9.10. The number of carboxylic acid groups (broad SMARTS) is 1. The molecule has 0 radical (unpaired) electrons. The molecule has 0 bridgehead atoms. The topological polar surface area (TPSA) is 122 Å². The Balaban J connectivity index is 2.10. The van der Waals surface area contributed by atoms with Gasteiger partial charge in [0.1, 0.15) is 0 Å². The Labute approximate surface area is 128 Å². The van der Waals surface area contributed by atoms with Gasteiger partial charge in [-0.3, -0.25) is 0 Å². The molecule has 2 aromatic rings. The number of aromatic nitrogens is 2. The van der Waals surface area contributed by atoms with Crippen LogP contribution in [0.15, 0.2) is 38.4 Å². The lowest BCUT2D eigenvalue weighted by molar-refractivity contribution is 0.0696. The maximum atomic E-state index is 12.1. The van der Waals surface area contributed by atoms with Crippen LogP contribution in [0.2, 0.25) is 0 Å². The molecule has 2 rings (SSSR count). The first-order valence-electron chi connectivity index (χ1n) is 5.68. The lowest BCUT2D eigenvalue weighted by Crippen LogP contribution is -2.26. The molecule has 0 aliphatic carbocycles. The summed E-state index contributed by atoms with van der Waals surface area (Å²) in [7, 11) is -3.77. The third kappa shape index (κ3) is 3.86. The van der Waals surface area contributed by atoms with Crippen LogP contribution < -0.4 is 4.72 Å². The average Bonchev–Trinajstić information content (AvgIpc) is 2.91. The summed E-state index contributed by atoms with van der Waals surface area (Å²) in [6.45, 7) is 0.0810. The van der Waals surface area contributed by atoms with Gasteiger partial charge in [0.25, 0.3) is 0 Å². The van der Waals surface area contributed by atoms with E-state index in [0.717, 1.165) is 0 Å². The standard InChI is InChI=1S/C11H10BrN3O5S/c12-8-5-7(11(16)17)1-2-9(8)21(18,19)15-4-3-10-13-6-14-20-10/h1-2,5-6,15H,3-4H2,(H,16,17). The van der Waals surface area contributed by atoms with Crippen molar-refractivity contribution < 1.29 is 22.8 Å². The summed E-state index contributed by atoms with van der Waals surface area (Å²) in [6.07, 6.45) is 1.48. The molecule has 0 atom stereocenters. The highest BCUT2D eigenvalue weighted by atomic mass is 79.9. The normalized spacial score (nSPS) is 11.5. The summed E-state index contributed by atoms with van der Waals surface area (Å²) < 4.78 is 31.5. The first kappa shape index (κ1) is 15.6. The second kappa shape index (κ2) is 6.33. The van der Waals surface area contributed by atoms with E-state index in [1.54, 1.807) is 0 Å². The molecule has 1 aromatic heterocycles. The van der Waals surface area contributed by atoms with Crippen LogP contribution in [-0.4, -0.2) is 36.2 Å². The van der Waals surface area contributed by atoms with Crippen molar-refractivity contribution in [1.82, 2.24) is 14.9 Å². The second-order valence-corrected chi connectivity index (χ2v) is 6.52. The molecular formula is C11H10BrN3O5S. The van der Waals surface area contributed by atoms with Crippen molar-refractivity contribution in [2.24, 2.45) is 0 Å². The van der Waals surface area contributed by atoms with Crippen LogP contribution in [0, 0.1) is 0 Å². The van der Waals surface area contributed by atoms with E-state index in [-0.39, 0.29) is 27.9 Å². The number of aromatic carboxylic acids is 1. The second-order valence-electron chi connectivity index (χ2n) is 3.93. The Kier molecular flexibility index (Phi) is 4.70. The van der Waals surface area contributed by atoms with Crippen molar-refractivity contribution in [3.05, 3.63) is 40.5 Å². The molecule has 2 N–H and O–H groups in total. The largest absolute Gasteiger partial charge is 0.478 e. The molecule has 10 heteroatoms. The first-order chi connectivity index (χ1) is 9.90. The van der Waals surface area contributed by atoms with Gasteiger partial charge in [-0.2, -0.15) is 4.98 Å². The Morgan fingerprint density at radius 1 is 1.43 bits per heavy atom. The SMILES string of the molecule is O=C(O)c1ccc(S(=O)(=O)NCCc2ncno2)c(Br)c1. The Bertz CT molecular complexity index is 745. The zero-order chi connectivity index (χ0) is 15.5. The average molecular weight is 376 g/mol. The van der Waals surface area contributed by atoms with Gasteiger partial charge in [0.2, 0.25) is 15.9 Å². The highest BCUT2D eigenvalue weighted by Gasteiger charge is 2.19. The number of nitrogens with zero attached hydrogens (tertiary/aromatic N) is 2. The number of hydrogen-bond donors (Lipinski definition) is 2. The van der Waals surface area contributed by atoms with E-state index < -0.39 is 16.0 Å². The molecular weight excluding hydrogens is 366 g/mol. The number of rotatable bonds is 6. The van der Waals surface area contributed by atoms with E-state index in [1.807, 2.05) is 0 Å². The first-order valence-corrected chi connectivity index (χ1v) is 7.96. The molecule has 1 heterocycles. The van der Waals surface area contributed by atoms with Gasteiger partial charge < -0.3 is 9.63 Å². The summed E-state index contributed by atoms with van der Waals surface area (Å²) in [5.74, 6) is -0.818. The molecule has 1 aromatic carbocycles. The van der Waals surface area contributed by atoms with Crippen molar-refractivity contribution in [3.8, 4) is 0 Å². The molecule has 0 aliphatic rings. The number of nitrogens with one attached hydrogen (secondary N) is 1. The van der Waals surface area contributed by atoms with E-state index in [4.69, 9.17) is 9.63 Å². The fraction of sp³-hybridized carbons (Fsp3) is 0.182. The lowest BCUT2D eigenvalue weighted by Gasteiger charge is -2.08. The molecule has 0 unspecified atom stereocenters. The zero-order valence-electron chi connectivity index (χ0n) is 10.5. The summed E-state index contributed by atoms with van der Waals surface area (Å²) in [6, 6.07) is 3.68. The van der Waals surface area contributed by atoms with E-state index in [0.29, 0.717) is 5.89 Å². The molecule has 8 nitrogen and oxygen atoms in total. The number of sulfonamides is 1. The van der Waals surface area contributed by atoms with Crippen LogP contribution in [0.5, 0.6) is 0 Å². The third-order valence-corrected chi connectivity index (χ3v) is 4.94. The molecule has 0 spiro atoms. The highest BCUT2D eigenvalue weighted by Crippen LogP contribution is 2.23. The van der Waals surface area contributed by atoms with Crippen LogP contribution in [-0.2, 0) is 16.4 Å². The van der Waals surface area contributed by atoms with E-state index in [1.165, 1.54) is 24.5 Å². The summed E-state index contributed by atoms with van der Waals surface area (Å²) in [5.41, 5.74) is -0.00770. The summed E-state index contributed by atoms with van der Waals surface area (Å²) >= 11 is 3.06. The third-order valence-electron chi connectivity index (χ3n) is 2.51. The van der Waals surface area contributed by atoms with Crippen LogP contribution in [0.4, 0.5) is 0 Å². The predicted octanol–water partition coefficient (Wildman–Crippen LogP) is 1.05. The molecule has 0 amide bonds. The van der Waals surface area contributed by atoms with Crippen LogP contribution >= 0.6 is 15.9 Å². The molecule has 0 aliphatic heterocycles. The molecule has 0 fully saturated rings. The molecule has 21 heavy (non-hydrogen) atoms. The minimum Gasteiger partial charge on any atom is -0.478 e. The number of carbonyl (C=O) groups is 1. The molecule has 0 saturated carbocycles. The van der Waals surface area contributed by atoms with Crippen LogP contribution in [0.25, 0.3) is 0 Å². The van der Waals surface area contributed by atoms with Gasteiger partial charge in [-0.25, -0.2) is 17.9 Å². The molecule has 112 valence electrons. The predicted molar refractivity (Wildman–Crippen MR) is 74.3 cm³/mol. The van der Waals surface area contributed by atoms with Gasteiger partial charge in [0, 0.05) is 17.4 Å². The van der Waals surface area contributed by atoms with Crippen molar-refractivity contribution in [2.45, 2.75) is 11.3 Å². The maximum Gasteiger partial charge on any atom is 0.335 e. The van der Waals surface area contributed by atoms with Gasteiger partial charge in [-0.15, -0.1) is 0 Å².